The fourth-order valence-corrected chi connectivity index (χ4v) is 3.57. The minimum absolute atomic E-state index is 0.00299. The first-order valence-electron chi connectivity index (χ1n) is 9.70. The van der Waals surface area contributed by atoms with Crippen molar-refractivity contribution >= 4 is 29.4 Å². The molecule has 1 heterocycles. The SMILES string of the molecule is CN(CC(=O)NN1C(=O)NC(C)(CCc2ccccc2)C1=O)Cc1ccccc1Cl. The predicted molar refractivity (Wildman–Crippen MR) is 114 cm³/mol. The van der Waals surface area contributed by atoms with Crippen LogP contribution in [0.4, 0.5) is 4.79 Å². The molecule has 4 amide bonds. The van der Waals surface area contributed by atoms with Crippen LogP contribution in [0.2, 0.25) is 5.02 Å². The summed E-state index contributed by atoms with van der Waals surface area (Å²) in [6.07, 6.45) is 1.06. The molecule has 158 valence electrons. The van der Waals surface area contributed by atoms with Gasteiger partial charge in [0.1, 0.15) is 5.54 Å². The van der Waals surface area contributed by atoms with Crippen molar-refractivity contribution in [3.8, 4) is 0 Å². The zero-order valence-electron chi connectivity index (χ0n) is 17.0. The maximum atomic E-state index is 12.8. The third-order valence-electron chi connectivity index (χ3n) is 5.07. The maximum absolute atomic E-state index is 12.8. The highest BCUT2D eigenvalue weighted by Crippen LogP contribution is 2.22. The molecule has 30 heavy (non-hydrogen) atoms. The molecule has 2 aromatic carbocycles. The van der Waals surface area contributed by atoms with E-state index in [4.69, 9.17) is 11.6 Å². The zero-order valence-corrected chi connectivity index (χ0v) is 17.8. The summed E-state index contributed by atoms with van der Waals surface area (Å²) in [4.78, 5) is 39.3. The fourth-order valence-electron chi connectivity index (χ4n) is 3.37. The number of hydrogen-bond donors (Lipinski definition) is 2. The van der Waals surface area contributed by atoms with E-state index in [0.717, 1.165) is 16.1 Å². The van der Waals surface area contributed by atoms with Gasteiger partial charge in [-0.1, -0.05) is 60.1 Å². The minimum Gasteiger partial charge on any atom is -0.322 e. The molecular formula is C22H25ClN4O3. The van der Waals surface area contributed by atoms with Crippen LogP contribution >= 0.6 is 11.6 Å². The van der Waals surface area contributed by atoms with Gasteiger partial charge in [0.25, 0.3) is 11.8 Å². The van der Waals surface area contributed by atoms with E-state index in [0.29, 0.717) is 24.4 Å². The van der Waals surface area contributed by atoms with E-state index in [1.54, 1.807) is 24.9 Å². The van der Waals surface area contributed by atoms with Crippen LogP contribution in [0.25, 0.3) is 0 Å². The number of hydrogen-bond acceptors (Lipinski definition) is 4. The molecule has 0 spiro atoms. The van der Waals surface area contributed by atoms with Gasteiger partial charge in [0.05, 0.1) is 6.54 Å². The second-order valence-electron chi connectivity index (χ2n) is 7.69. The van der Waals surface area contributed by atoms with Crippen molar-refractivity contribution < 1.29 is 14.4 Å². The normalized spacial score (nSPS) is 18.6. The van der Waals surface area contributed by atoms with Crippen LogP contribution < -0.4 is 10.7 Å². The van der Waals surface area contributed by atoms with Gasteiger partial charge in [-0.15, -0.1) is 0 Å². The van der Waals surface area contributed by atoms with E-state index in [1.807, 2.05) is 48.5 Å². The van der Waals surface area contributed by atoms with E-state index in [9.17, 15) is 14.4 Å². The van der Waals surface area contributed by atoms with Crippen molar-refractivity contribution in [3.05, 3.63) is 70.7 Å². The first-order chi connectivity index (χ1) is 14.3. The first kappa shape index (κ1) is 21.8. The number of aryl methyl sites for hydroxylation is 1. The largest absolute Gasteiger partial charge is 0.344 e. The molecule has 2 aromatic rings. The molecule has 7 nitrogen and oxygen atoms in total. The van der Waals surface area contributed by atoms with E-state index >= 15 is 0 Å². The highest BCUT2D eigenvalue weighted by Gasteiger charge is 2.48. The molecule has 1 aliphatic heterocycles. The van der Waals surface area contributed by atoms with Gasteiger partial charge in [-0.25, -0.2) is 4.79 Å². The van der Waals surface area contributed by atoms with Gasteiger partial charge in [0.15, 0.2) is 0 Å². The van der Waals surface area contributed by atoms with E-state index in [2.05, 4.69) is 10.7 Å². The Hall–Kier alpha value is -2.90. The van der Waals surface area contributed by atoms with Crippen LogP contribution in [0.15, 0.2) is 54.6 Å². The Labute approximate surface area is 181 Å². The summed E-state index contributed by atoms with van der Waals surface area (Å²) in [5, 5.41) is 4.09. The first-order valence-corrected chi connectivity index (χ1v) is 10.1. The van der Waals surface area contributed by atoms with Gasteiger partial charge in [-0.2, -0.15) is 5.01 Å². The summed E-state index contributed by atoms with van der Waals surface area (Å²) in [6, 6.07) is 16.5. The number of rotatable bonds is 8. The summed E-state index contributed by atoms with van der Waals surface area (Å²) in [5.74, 6) is -0.925. The molecule has 1 atom stereocenters. The van der Waals surface area contributed by atoms with Crippen LogP contribution in [-0.2, 0) is 22.6 Å². The number of halogens is 1. The standard InChI is InChI=1S/C22H25ClN4O3/c1-22(13-12-16-8-4-3-5-9-16)20(29)27(21(30)24-22)25-19(28)15-26(2)14-17-10-6-7-11-18(17)23/h3-11H,12-15H2,1-2H3,(H,24,30)(H,25,28). The van der Waals surface area contributed by atoms with Gasteiger partial charge < -0.3 is 5.32 Å². The molecule has 1 unspecified atom stereocenters. The van der Waals surface area contributed by atoms with Gasteiger partial charge in [-0.3, -0.25) is 19.9 Å². The van der Waals surface area contributed by atoms with Crippen LogP contribution in [0.1, 0.15) is 24.5 Å². The van der Waals surface area contributed by atoms with Gasteiger partial charge in [0.2, 0.25) is 0 Å². The number of imide groups is 1. The summed E-state index contributed by atoms with van der Waals surface area (Å²) >= 11 is 6.15. The third-order valence-corrected chi connectivity index (χ3v) is 5.43. The molecule has 3 rings (SSSR count). The highest BCUT2D eigenvalue weighted by atomic mass is 35.5. The third kappa shape index (κ3) is 5.17. The van der Waals surface area contributed by atoms with Gasteiger partial charge in [0, 0.05) is 11.6 Å². The lowest BCUT2D eigenvalue weighted by molar-refractivity contribution is -0.139. The monoisotopic (exact) mass is 428 g/mol. The number of nitrogens with one attached hydrogen (secondary N) is 2. The predicted octanol–water partition coefficient (Wildman–Crippen LogP) is 2.75. The Kier molecular flexibility index (Phi) is 6.74. The molecule has 1 aliphatic rings. The van der Waals surface area contributed by atoms with E-state index < -0.39 is 23.4 Å². The van der Waals surface area contributed by atoms with Crippen LogP contribution in [0.3, 0.4) is 0 Å². The van der Waals surface area contributed by atoms with Crippen molar-refractivity contribution in [2.75, 3.05) is 13.6 Å². The number of likely N-dealkylation sites (N-methyl/N-ethyl adjacent to an activating group) is 1. The number of benzene rings is 2. The van der Waals surface area contributed by atoms with Crippen LogP contribution in [0, 0.1) is 0 Å². The number of hydrazine groups is 1. The Morgan fingerprint density at radius 2 is 1.80 bits per heavy atom. The van der Waals surface area contributed by atoms with Gasteiger partial charge in [-0.05, 0) is 44.0 Å². The average molecular weight is 429 g/mol. The van der Waals surface area contributed by atoms with Crippen molar-refractivity contribution in [2.45, 2.75) is 31.8 Å². The molecule has 0 radical (unpaired) electrons. The zero-order chi connectivity index (χ0) is 21.7. The van der Waals surface area contributed by atoms with Gasteiger partial charge >= 0.3 is 6.03 Å². The summed E-state index contributed by atoms with van der Waals surface area (Å²) in [5.41, 5.74) is 3.32. The molecule has 2 N–H and O–H groups in total. The van der Waals surface area contributed by atoms with Crippen molar-refractivity contribution in [1.82, 2.24) is 20.7 Å². The molecule has 0 saturated carbocycles. The van der Waals surface area contributed by atoms with Crippen LogP contribution in [0.5, 0.6) is 0 Å². The maximum Gasteiger partial charge on any atom is 0.344 e. The highest BCUT2D eigenvalue weighted by molar-refractivity contribution is 6.31. The Bertz CT molecular complexity index is 937. The quantitative estimate of drug-likeness (QED) is 0.633. The Morgan fingerprint density at radius 3 is 2.50 bits per heavy atom. The average Bonchev–Trinajstić information content (AvgIpc) is 2.92. The second-order valence-corrected chi connectivity index (χ2v) is 8.09. The number of carbonyl (C=O) groups excluding carboxylic acids is 3. The molecule has 0 aliphatic carbocycles. The molecule has 1 saturated heterocycles. The number of nitrogens with zero attached hydrogens (tertiary/aromatic N) is 2. The topological polar surface area (TPSA) is 81.8 Å². The van der Waals surface area contributed by atoms with Crippen molar-refractivity contribution in [2.24, 2.45) is 0 Å². The lowest BCUT2D eigenvalue weighted by Gasteiger charge is -2.22. The number of amides is 4. The Morgan fingerprint density at radius 1 is 1.13 bits per heavy atom. The lowest BCUT2D eigenvalue weighted by Crippen LogP contribution is -2.51. The molecule has 0 aromatic heterocycles. The number of urea groups is 1. The van der Waals surface area contributed by atoms with Crippen LogP contribution in [-0.4, -0.2) is 46.9 Å². The summed E-state index contributed by atoms with van der Waals surface area (Å²) in [7, 11) is 1.76. The molecular weight excluding hydrogens is 404 g/mol. The lowest BCUT2D eigenvalue weighted by atomic mass is 9.93. The fraction of sp³-hybridized carbons (Fsp3) is 0.318. The second kappa shape index (κ2) is 9.28. The summed E-state index contributed by atoms with van der Waals surface area (Å²) in [6.45, 7) is 2.14. The minimum atomic E-state index is -1.07. The smallest absolute Gasteiger partial charge is 0.322 e. The van der Waals surface area contributed by atoms with Crippen molar-refractivity contribution in [1.29, 1.82) is 0 Å². The number of carbonyl (C=O) groups is 3. The Balaban J connectivity index is 1.55. The molecule has 1 fully saturated rings. The molecule has 0 bridgehead atoms. The van der Waals surface area contributed by atoms with E-state index in [-0.39, 0.29) is 6.54 Å². The molecule has 8 heteroatoms. The van der Waals surface area contributed by atoms with E-state index in [1.165, 1.54) is 0 Å². The van der Waals surface area contributed by atoms with Crippen molar-refractivity contribution in [3.63, 3.8) is 0 Å². The summed E-state index contributed by atoms with van der Waals surface area (Å²) < 4.78 is 0.